The van der Waals surface area contributed by atoms with Crippen molar-refractivity contribution in [2.24, 2.45) is 0 Å². The zero-order chi connectivity index (χ0) is 38.2. The van der Waals surface area contributed by atoms with Gasteiger partial charge in [0.05, 0.1) is 19.1 Å². The van der Waals surface area contributed by atoms with Crippen molar-refractivity contribution >= 4 is 11.9 Å². The lowest BCUT2D eigenvalue weighted by Gasteiger charge is -2.26. The number of esters is 1. The summed E-state index contributed by atoms with van der Waals surface area (Å²) in [5.74, 6) is -0.975. The molecule has 1 aromatic heterocycles. The van der Waals surface area contributed by atoms with Gasteiger partial charge in [-0.1, -0.05) is 29.8 Å². The molecular weight excluding hydrogens is 666 g/mol. The van der Waals surface area contributed by atoms with Crippen LogP contribution in [0.5, 0.6) is 0 Å². The van der Waals surface area contributed by atoms with Gasteiger partial charge in [-0.15, -0.1) is 13.2 Å². The Hall–Kier alpha value is -4.30. The molecule has 7 nitrogen and oxygen atoms in total. The fourth-order valence-corrected chi connectivity index (χ4v) is 7.60. The minimum atomic E-state index is -1.03. The van der Waals surface area contributed by atoms with Gasteiger partial charge < -0.3 is 19.5 Å². The van der Waals surface area contributed by atoms with Crippen LogP contribution in [-0.2, 0) is 27.2 Å². The van der Waals surface area contributed by atoms with E-state index in [2.05, 4.69) is 49.4 Å². The van der Waals surface area contributed by atoms with E-state index >= 15 is 4.39 Å². The van der Waals surface area contributed by atoms with Gasteiger partial charge in [-0.2, -0.15) is 0 Å². The van der Waals surface area contributed by atoms with Crippen molar-refractivity contribution in [1.29, 1.82) is 0 Å². The van der Waals surface area contributed by atoms with Crippen molar-refractivity contribution in [3.05, 3.63) is 117 Å². The molecule has 0 bridgehead atoms. The van der Waals surface area contributed by atoms with Crippen LogP contribution in [-0.4, -0.2) is 48.6 Å². The van der Waals surface area contributed by atoms with Gasteiger partial charge in [0, 0.05) is 24.4 Å². The van der Waals surface area contributed by atoms with Crippen molar-refractivity contribution in [1.82, 2.24) is 14.8 Å². The van der Waals surface area contributed by atoms with Crippen LogP contribution in [0.1, 0.15) is 128 Å². The Bertz CT molecular complexity index is 1870. The highest BCUT2D eigenvalue weighted by atomic mass is 19.1. The molecule has 0 unspecified atom stereocenters. The number of allylic oxidation sites excluding steroid dienone is 2. The molecule has 0 saturated heterocycles. The summed E-state index contributed by atoms with van der Waals surface area (Å²) >= 11 is 0. The highest BCUT2D eigenvalue weighted by molar-refractivity contribution is 5.82. The maximum absolute atomic E-state index is 16.8. The van der Waals surface area contributed by atoms with Crippen LogP contribution in [0.4, 0.5) is 4.39 Å². The van der Waals surface area contributed by atoms with E-state index < -0.39 is 29.8 Å². The van der Waals surface area contributed by atoms with Crippen LogP contribution < -0.4 is 10.9 Å². The Morgan fingerprint density at radius 3 is 2.34 bits per heavy atom. The number of nitrogens with zero attached hydrogens (tertiary/aromatic N) is 2. The van der Waals surface area contributed by atoms with Crippen molar-refractivity contribution in [3.63, 3.8) is 0 Å². The normalized spacial score (nSPS) is 15.2. The van der Waals surface area contributed by atoms with Gasteiger partial charge in [0.2, 0.25) is 5.91 Å². The third-order valence-corrected chi connectivity index (χ3v) is 10.5. The summed E-state index contributed by atoms with van der Waals surface area (Å²) in [6.45, 7) is 14.6. The molecule has 2 aromatic carbocycles. The van der Waals surface area contributed by atoms with Gasteiger partial charge in [-0.3, -0.25) is 14.4 Å². The fourth-order valence-electron chi connectivity index (χ4n) is 7.60. The number of aromatic nitrogens is 1. The second-order valence-corrected chi connectivity index (χ2v) is 15.3. The number of hydrogen-bond donors (Lipinski definition) is 1. The molecule has 2 atom stereocenters. The second kappa shape index (κ2) is 18.2. The molecule has 5 rings (SSSR count). The summed E-state index contributed by atoms with van der Waals surface area (Å²) in [5.41, 5.74) is 8.11. The Morgan fingerprint density at radius 2 is 1.70 bits per heavy atom. The Kier molecular flexibility index (Phi) is 13.7. The Balaban J connectivity index is 1.58. The summed E-state index contributed by atoms with van der Waals surface area (Å²) in [5, 5.41) is 3.04. The highest BCUT2D eigenvalue weighted by Crippen LogP contribution is 2.45. The summed E-state index contributed by atoms with van der Waals surface area (Å²) in [7, 11) is 4.02. The lowest BCUT2D eigenvalue weighted by Crippen LogP contribution is -2.40. The first kappa shape index (κ1) is 39.9. The molecule has 0 aliphatic heterocycles. The first-order chi connectivity index (χ1) is 25.4. The van der Waals surface area contributed by atoms with Crippen LogP contribution in [0.2, 0.25) is 0 Å². The van der Waals surface area contributed by atoms with Crippen molar-refractivity contribution in [2.75, 3.05) is 27.2 Å². The monoisotopic (exact) mass is 723 g/mol. The lowest BCUT2D eigenvalue weighted by atomic mass is 9.86. The van der Waals surface area contributed by atoms with Crippen LogP contribution in [0, 0.1) is 19.7 Å². The van der Waals surface area contributed by atoms with Crippen molar-refractivity contribution in [2.45, 2.75) is 115 Å². The Labute approximate surface area is 315 Å². The average Bonchev–Trinajstić information content (AvgIpc) is 4.03. The van der Waals surface area contributed by atoms with Crippen LogP contribution in [0.3, 0.4) is 0 Å². The minimum Gasteiger partial charge on any atom is -0.466 e. The maximum atomic E-state index is 16.8. The molecule has 2 fully saturated rings. The van der Waals surface area contributed by atoms with Gasteiger partial charge >= 0.3 is 5.97 Å². The number of hydrogen-bond acceptors (Lipinski definition) is 5. The first-order valence-electron chi connectivity index (χ1n) is 19.5. The second-order valence-electron chi connectivity index (χ2n) is 15.3. The van der Waals surface area contributed by atoms with Gasteiger partial charge in [0.15, 0.2) is 0 Å². The standard InChI is InChI=1S/C45H58FN3O4/c1-8-11-12-13-15-33-23-29(4)22-30(5)43(33)35-24-37(32-18-19-32)44(46)38(25-35)39(27-42(51)53-10-3)47-45(52)40(14-9-2)49-28-34(20-21-48(6)7)36(26-41(49)50)31-16-17-31/h8-9,22-26,28,31-32,39-40H,1-2,10-21,27H2,3-7H3,(H,47,52)/t39-,40-/m0/s1. The highest BCUT2D eigenvalue weighted by Gasteiger charge is 2.34. The number of carbonyl (C=O) groups is 2. The zero-order valence-corrected chi connectivity index (χ0v) is 32.4. The molecule has 2 saturated carbocycles. The van der Waals surface area contributed by atoms with Crippen molar-refractivity contribution in [3.8, 4) is 11.1 Å². The molecule has 8 heteroatoms. The number of amides is 1. The molecule has 0 spiro atoms. The third kappa shape index (κ3) is 10.2. The molecule has 3 aromatic rings. The molecule has 1 heterocycles. The maximum Gasteiger partial charge on any atom is 0.308 e. The predicted molar refractivity (Wildman–Crippen MR) is 212 cm³/mol. The number of likely N-dealkylation sites (N-methyl/N-ethyl adjacent to an activating group) is 1. The number of ether oxygens (including phenoxy) is 1. The smallest absolute Gasteiger partial charge is 0.308 e. The number of benzene rings is 2. The molecule has 2 aliphatic carbocycles. The van der Waals surface area contributed by atoms with Gasteiger partial charge in [0.1, 0.15) is 11.9 Å². The van der Waals surface area contributed by atoms with Gasteiger partial charge in [0.25, 0.3) is 5.56 Å². The SMILES string of the molecule is C=CCCCCc1cc(C)cc(C)c1-c1cc(C2CC2)c(F)c([C@H](CC(=O)OCC)NC(=O)[C@H](CC=C)n2cc(CCN(C)C)c(C3CC3)cc2=O)c1. The molecule has 1 amide bonds. The number of halogens is 1. The largest absolute Gasteiger partial charge is 0.466 e. The molecule has 0 radical (unpaired) electrons. The molecule has 284 valence electrons. The topological polar surface area (TPSA) is 80.6 Å². The quantitative estimate of drug-likeness (QED) is 0.0716. The number of nitrogens with one attached hydrogen (secondary N) is 1. The van der Waals surface area contributed by atoms with E-state index in [1.165, 1.54) is 15.7 Å². The number of unbranched alkanes of at least 4 members (excludes halogenated alkanes) is 2. The predicted octanol–water partition coefficient (Wildman–Crippen LogP) is 8.96. The number of carbonyl (C=O) groups excluding carboxylic acids is 2. The van der Waals surface area contributed by atoms with Crippen LogP contribution in [0.25, 0.3) is 11.1 Å². The number of aryl methyl sites for hydroxylation is 3. The van der Waals surface area contributed by atoms with E-state index in [1.807, 2.05) is 38.5 Å². The minimum absolute atomic E-state index is 0.0760. The summed E-state index contributed by atoms with van der Waals surface area (Å²) in [6, 6.07) is 7.88. The van der Waals surface area contributed by atoms with E-state index in [4.69, 9.17) is 4.74 Å². The van der Waals surface area contributed by atoms with Crippen molar-refractivity contribution < 1.29 is 18.7 Å². The third-order valence-electron chi connectivity index (χ3n) is 10.5. The number of pyridine rings is 1. The molecule has 2 aliphatic rings. The molecular formula is C45H58FN3O4. The first-order valence-corrected chi connectivity index (χ1v) is 19.5. The van der Waals surface area contributed by atoms with E-state index in [-0.39, 0.29) is 36.5 Å². The molecule has 53 heavy (non-hydrogen) atoms. The van der Waals surface area contributed by atoms with Crippen LogP contribution in [0.15, 0.2) is 66.6 Å². The Morgan fingerprint density at radius 1 is 0.981 bits per heavy atom. The average molecular weight is 724 g/mol. The van der Waals surface area contributed by atoms with Crippen LogP contribution >= 0.6 is 0 Å². The van der Waals surface area contributed by atoms with Gasteiger partial charge in [-0.25, -0.2) is 4.39 Å². The molecule has 1 N–H and O–H groups in total. The van der Waals surface area contributed by atoms with Gasteiger partial charge in [-0.05, 0) is 162 Å². The summed E-state index contributed by atoms with van der Waals surface area (Å²) in [6.07, 6.45) is 13.8. The summed E-state index contributed by atoms with van der Waals surface area (Å²) in [4.78, 5) is 43.3. The van der Waals surface area contributed by atoms with E-state index in [9.17, 15) is 14.4 Å². The van der Waals surface area contributed by atoms with E-state index in [0.717, 1.165) is 92.1 Å². The van der Waals surface area contributed by atoms with E-state index in [1.54, 1.807) is 19.1 Å². The number of rotatable bonds is 20. The fraction of sp³-hybridized carbons (Fsp3) is 0.489. The summed E-state index contributed by atoms with van der Waals surface area (Å²) < 4.78 is 23.7. The van der Waals surface area contributed by atoms with E-state index in [0.29, 0.717) is 11.5 Å². The lowest BCUT2D eigenvalue weighted by molar-refractivity contribution is -0.144. The zero-order valence-electron chi connectivity index (χ0n) is 32.4.